The third-order valence-corrected chi connectivity index (χ3v) is 8.49. The number of hydrogen-bond donors (Lipinski definition) is 0. The molecule has 4 heteroatoms. The molecule has 4 aliphatic rings. The molecule has 3 fully saturated rings. The van der Waals surface area contributed by atoms with Crippen LogP contribution in [0.15, 0.2) is 11.6 Å². The number of ether oxygens (including phenoxy) is 2. The largest absolute Gasteiger partial charge is 0.462 e. The minimum Gasteiger partial charge on any atom is -0.462 e. The van der Waals surface area contributed by atoms with E-state index in [1.54, 1.807) is 0 Å². The summed E-state index contributed by atoms with van der Waals surface area (Å²) in [5, 5.41) is 0. The maximum absolute atomic E-state index is 12.5. The van der Waals surface area contributed by atoms with E-state index in [0.717, 1.165) is 58.0 Å². The average Bonchev–Trinajstić information content (AvgIpc) is 2.97. The highest BCUT2D eigenvalue weighted by atomic mass is 16.5. The van der Waals surface area contributed by atoms with E-state index in [9.17, 15) is 9.59 Å². The van der Waals surface area contributed by atoms with Gasteiger partial charge in [-0.15, -0.1) is 0 Å². The van der Waals surface area contributed by atoms with Crippen molar-refractivity contribution in [3.8, 4) is 0 Å². The number of carbonyl (C=O) groups excluding carboxylic acids is 2. The van der Waals surface area contributed by atoms with Gasteiger partial charge in [-0.25, -0.2) is 0 Å². The molecule has 0 unspecified atom stereocenters. The topological polar surface area (TPSA) is 52.6 Å². The summed E-state index contributed by atoms with van der Waals surface area (Å²) in [4.78, 5) is 24.0. The van der Waals surface area contributed by atoms with Gasteiger partial charge in [0.1, 0.15) is 12.4 Å². The summed E-state index contributed by atoms with van der Waals surface area (Å²) in [6.07, 6.45) is 12.2. The number of aldehydes is 1. The Hall–Kier alpha value is -1.16. The van der Waals surface area contributed by atoms with Crippen molar-refractivity contribution in [1.82, 2.24) is 0 Å². The molecule has 0 heterocycles. The normalized spacial score (nSPS) is 45.9. The van der Waals surface area contributed by atoms with Crippen molar-refractivity contribution in [1.29, 1.82) is 0 Å². The smallest absolute Gasteiger partial charge is 0.302 e. The summed E-state index contributed by atoms with van der Waals surface area (Å²) in [5.41, 5.74) is 1.16. The first-order valence-electron chi connectivity index (χ1n) is 10.9. The molecule has 3 saturated carbocycles. The lowest BCUT2D eigenvalue weighted by atomic mass is 9.47. The van der Waals surface area contributed by atoms with E-state index in [4.69, 9.17) is 9.47 Å². The van der Waals surface area contributed by atoms with Crippen molar-refractivity contribution in [2.45, 2.75) is 84.3 Å². The highest BCUT2D eigenvalue weighted by molar-refractivity contribution is 5.67. The molecule has 0 N–H and O–H groups in total. The summed E-state index contributed by atoms with van der Waals surface area (Å²) in [5.74, 6) is 1.39. The molecule has 0 aromatic heterocycles. The molecule has 0 aliphatic heterocycles. The van der Waals surface area contributed by atoms with Gasteiger partial charge in [-0.1, -0.05) is 18.6 Å². The van der Waals surface area contributed by atoms with Gasteiger partial charge in [-0.3, -0.25) is 4.79 Å². The Kier molecular flexibility index (Phi) is 4.99. The second kappa shape index (κ2) is 7.02. The Morgan fingerprint density at radius 2 is 2.04 bits per heavy atom. The molecule has 0 amide bonds. The van der Waals surface area contributed by atoms with Gasteiger partial charge >= 0.3 is 5.97 Å². The fraction of sp³-hybridized carbons (Fsp3) is 0.826. The second-order valence-corrected chi connectivity index (χ2v) is 9.54. The average molecular weight is 375 g/mol. The molecule has 0 saturated heterocycles. The molecule has 0 aromatic rings. The molecular formula is C23H34O4. The standard InChI is InChI=1S/C23H34O4/c1-4-26-17-9-12-23(14-24)16(13-17)5-6-18-19-7-8-21(27-15(2)25)22(19,3)11-10-20(18)23/h5,14,17-21H,4,6-13H2,1-3H3/t17-,18-,19-,20-,21-,22-,23+/m0/s1. The third kappa shape index (κ3) is 2.90. The van der Waals surface area contributed by atoms with Crippen molar-refractivity contribution in [3.63, 3.8) is 0 Å². The van der Waals surface area contributed by atoms with E-state index in [-0.39, 0.29) is 29.0 Å². The van der Waals surface area contributed by atoms with E-state index >= 15 is 0 Å². The Morgan fingerprint density at radius 3 is 2.74 bits per heavy atom. The van der Waals surface area contributed by atoms with Crippen molar-refractivity contribution in [2.24, 2.45) is 28.6 Å². The summed E-state index contributed by atoms with van der Waals surface area (Å²) in [7, 11) is 0. The summed E-state index contributed by atoms with van der Waals surface area (Å²) >= 11 is 0. The monoisotopic (exact) mass is 374 g/mol. The van der Waals surface area contributed by atoms with Gasteiger partial charge in [-0.05, 0) is 76.0 Å². The fourth-order valence-electron chi connectivity index (χ4n) is 7.27. The van der Waals surface area contributed by atoms with Crippen LogP contribution in [0.5, 0.6) is 0 Å². The van der Waals surface area contributed by atoms with Crippen molar-refractivity contribution in [3.05, 3.63) is 11.6 Å². The van der Waals surface area contributed by atoms with E-state index < -0.39 is 0 Å². The van der Waals surface area contributed by atoms with Gasteiger partial charge in [0.05, 0.1) is 11.5 Å². The van der Waals surface area contributed by atoms with E-state index in [2.05, 4.69) is 19.9 Å². The van der Waals surface area contributed by atoms with Gasteiger partial charge in [0, 0.05) is 18.9 Å². The van der Waals surface area contributed by atoms with Crippen molar-refractivity contribution in [2.75, 3.05) is 6.61 Å². The first kappa shape index (κ1) is 19.2. The Labute approximate surface area is 163 Å². The van der Waals surface area contributed by atoms with Crippen LogP contribution >= 0.6 is 0 Å². The quantitative estimate of drug-likeness (QED) is 0.414. The van der Waals surface area contributed by atoms with Crippen LogP contribution < -0.4 is 0 Å². The molecule has 7 atom stereocenters. The van der Waals surface area contributed by atoms with E-state index in [1.165, 1.54) is 18.8 Å². The number of hydrogen-bond acceptors (Lipinski definition) is 4. The molecule has 150 valence electrons. The van der Waals surface area contributed by atoms with Crippen LogP contribution in [0, 0.1) is 28.6 Å². The predicted molar refractivity (Wildman–Crippen MR) is 103 cm³/mol. The van der Waals surface area contributed by atoms with Crippen molar-refractivity contribution >= 4 is 12.3 Å². The highest BCUT2D eigenvalue weighted by Crippen LogP contribution is 2.64. The number of rotatable bonds is 4. The zero-order valence-corrected chi connectivity index (χ0v) is 17.0. The van der Waals surface area contributed by atoms with Crippen LogP contribution in [0.3, 0.4) is 0 Å². The number of allylic oxidation sites excluding steroid dienone is 1. The summed E-state index contributed by atoms with van der Waals surface area (Å²) in [6.45, 7) is 6.65. The SMILES string of the molecule is CCO[C@H]1CC[C@@]2(C=O)C(=CC[C@H]3[C@@H]4CC[C@H](OC(C)=O)[C@@]4(C)CC[C@@H]32)C1. The molecule has 0 bridgehead atoms. The van der Waals surface area contributed by atoms with Gasteiger partial charge in [0.15, 0.2) is 0 Å². The van der Waals surface area contributed by atoms with Crippen LogP contribution in [0.1, 0.15) is 72.1 Å². The van der Waals surface area contributed by atoms with E-state index in [1.807, 2.05) is 0 Å². The molecule has 0 spiro atoms. The molecule has 0 aromatic carbocycles. The molecule has 4 rings (SSSR count). The molecule has 0 radical (unpaired) electrons. The van der Waals surface area contributed by atoms with Crippen LogP contribution in [-0.4, -0.2) is 31.1 Å². The maximum Gasteiger partial charge on any atom is 0.302 e. The van der Waals surface area contributed by atoms with Crippen LogP contribution in [-0.2, 0) is 19.1 Å². The van der Waals surface area contributed by atoms with Gasteiger partial charge in [0.2, 0.25) is 0 Å². The number of fused-ring (bicyclic) bond motifs is 5. The van der Waals surface area contributed by atoms with E-state index in [0.29, 0.717) is 17.8 Å². The minimum atomic E-state index is -0.267. The Morgan fingerprint density at radius 1 is 1.22 bits per heavy atom. The van der Waals surface area contributed by atoms with Gasteiger partial charge in [0.25, 0.3) is 0 Å². The zero-order valence-electron chi connectivity index (χ0n) is 17.0. The minimum absolute atomic E-state index is 0.0483. The maximum atomic E-state index is 12.5. The number of carbonyl (C=O) groups is 2. The number of esters is 1. The summed E-state index contributed by atoms with van der Waals surface area (Å²) < 4.78 is 11.6. The molecule has 4 nitrogen and oxygen atoms in total. The lowest BCUT2D eigenvalue weighted by Crippen LogP contribution is -2.53. The van der Waals surface area contributed by atoms with Gasteiger partial charge in [-0.2, -0.15) is 0 Å². The molecule has 27 heavy (non-hydrogen) atoms. The zero-order chi connectivity index (χ0) is 19.2. The first-order valence-corrected chi connectivity index (χ1v) is 10.9. The van der Waals surface area contributed by atoms with Crippen LogP contribution in [0.4, 0.5) is 0 Å². The predicted octanol–water partition coefficient (Wildman–Crippen LogP) is 4.47. The highest BCUT2D eigenvalue weighted by Gasteiger charge is 2.60. The van der Waals surface area contributed by atoms with Crippen LogP contribution in [0.2, 0.25) is 0 Å². The van der Waals surface area contributed by atoms with Crippen LogP contribution in [0.25, 0.3) is 0 Å². The second-order valence-electron chi connectivity index (χ2n) is 9.54. The fourth-order valence-corrected chi connectivity index (χ4v) is 7.27. The lowest BCUT2D eigenvalue weighted by molar-refractivity contribution is -0.157. The Balaban J connectivity index is 1.61. The molecular weight excluding hydrogens is 340 g/mol. The lowest BCUT2D eigenvalue weighted by Gasteiger charge is -2.57. The molecule has 4 aliphatic carbocycles. The summed E-state index contributed by atoms with van der Waals surface area (Å²) in [6, 6.07) is 0. The van der Waals surface area contributed by atoms with Gasteiger partial charge < -0.3 is 14.3 Å². The van der Waals surface area contributed by atoms with Crippen molar-refractivity contribution < 1.29 is 19.1 Å². The third-order valence-electron chi connectivity index (χ3n) is 8.49. The first-order chi connectivity index (χ1) is 12.9. The Bertz CT molecular complexity index is 640.